The molecule has 28 heavy (non-hydrogen) atoms. The second-order valence-corrected chi connectivity index (χ2v) is 8.81. The Labute approximate surface area is 188 Å². The van der Waals surface area contributed by atoms with E-state index >= 15 is 0 Å². The van der Waals surface area contributed by atoms with Gasteiger partial charge in [0, 0.05) is 23.9 Å². The monoisotopic (exact) mass is 606 g/mol. The lowest BCUT2D eigenvalue weighted by atomic mass is 10.2. The maximum absolute atomic E-state index is 13.4. The summed E-state index contributed by atoms with van der Waals surface area (Å²) in [6.45, 7) is 1.66. The average Bonchev–Trinajstić information content (AvgIpc) is 3.15. The number of hydrogen-bond donors (Lipinski definition) is 0. The highest BCUT2D eigenvalue weighted by Gasteiger charge is 2.10. The van der Waals surface area contributed by atoms with Crippen LogP contribution in [0.4, 0.5) is 8.78 Å². The van der Waals surface area contributed by atoms with Gasteiger partial charge in [0.2, 0.25) is 0 Å². The summed E-state index contributed by atoms with van der Waals surface area (Å²) in [5.74, 6) is -0.456. The van der Waals surface area contributed by atoms with Gasteiger partial charge in [-0.25, -0.2) is 8.78 Å². The molecule has 0 spiro atoms. The maximum Gasteiger partial charge on any atom is 0.131 e. The molecule has 0 radical (unpaired) electrons. The van der Waals surface area contributed by atoms with E-state index < -0.39 is 0 Å². The van der Waals surface area contributed by atoms with Crippen molar-refractivity contribution in [2.24, 2.45) is 0 Å². The Kier molecular flexibility index (Phi) is 6.14. The van der Waals surface area contributed by atoms with E-state index in [0.29, 0.717) is 0 Å². The molecule has 4 aromatic rings. The molecule has 0 N–H and O–H groups in total. The molecule has 2 aromatic carbocycles. The van der Waals surface area contributed by atoms with Crippen LogP contribution < -0.4 is 0 Å². The quantitative estimate of drug-likeness (QED) is 0.188. The minimum Gasteiger partial charge on any atom is -0.264 e. The smallest absolute Gasteiger partial charge is 0.131 e. The molecule has 0 unspecified atom stereocenters. The van der Waals surface area contributed by atoms with Gasteiger partial charge < -0.3 is 0 Å². The molecule has 0 saturated heterocycles. The van der Waals surface area contributed by atoms with Crippen molar-refractivity contribution in [1.82, 2.24) is 19.6 Å². The molecule has 146 valence electrons. The molecule has 0 aliphatic carbocycles. The minimum absolute atomic E-state index is 0.228. The molecular formula is C20H18F2I2N4. The van der Waals surface area contributed by atoms with Gasteiger partial charge in [0.05, 0.1) is 11.0 Å². The third kappa shape index (κ3) is 4.17. The second kappa shape index (κ2) is 8.60. The standard InChI is InChI=1S/C20H18F2I2N4/c21-13-5-7-17-15(11-13)20(24)28(25-17)10-4-2-1-3-9-27-18-8-6-14(22)12-16(18)19(23)26-27/h5-8,11-12H,1-4,9-10H2. The first kappa shape index (κ1) is 20.0. The highest BCUT2D eigenvalue weighted by molar-refractivity contribution is 14.1. The Morgan fingerprint density at radius 2 is 1.39 bits per heavy atom. The fourth-order valence-corrected chi connectivity index (χ4v) is 4.85. The van der Waals surface area contributed by atoms with Crippen LogP contribution in [0.5, 0.6) is 0 Å². The molecule has 4 nitrogen and oxygen atoms in total. The second-order valence-electron chi connectivity index (χ2n) is 6.77. The van der Waals surface area contributed by atoms with Crippen molar-refractivity contribution in [2.45, 2.75) is 38.8 Å². The molecule has 0 amide bonds. The topological polar surface area (TPSA) is 35.6 Å². The number of aromatic nitrogens is 4. The number of rotatable bonds is 7. The van der Waals surface area contributed by atoms with E-state index in [1.165, 1.54) is 12.1 Å². The van der Waals surface area contributed by atoms with E-state index in [9.17, 15) is 8.78 Å². The Hall–Kier alpha value is -1.30. The van der Waals surface area contributed by atoms with Gasteiger partial charge in [-0.1, -0.05) is 12.8 Å². The molecule has 2 aromatic heterocycles. The van der Waals surface area contributed by atoms with E-state index in [0.717, 1.165) is 68.0 Å². The molecule has 0 aliphatic rings. The number of unbranched alkanes of at least 4 members (excludes halogenated alkanes) is 3. The van der Waals surface area contributed by atoms with Crippen LogP contribution in [0, 0.1) is 19.0 Å². The highest BCUT2D eigenvalue weighted by Crippen LogP contribution is 2.23. The molecule has 0 atom stereocenters. The van der Waals surface area contributed by atoms with Gasteiger partial charge >= 0.3 is 0 Å². The van der Waals surface area contributed by atoms with Gasteiger partial charge in [-0.15, -0.1) is 0 Å². The summed E-state index contributed by atoms with van der Waals surface area (Å²) in [5, 5.41) is 10.8. The third-order valence-corrected chi connectivity index (χ3v) is 6.73. The molecule has 2 heterocycles. The summed E-state index contributed by atoms with van der Waals surface area (Å²) < 4.78 is 32.6. The predicted molar refractivity (Wildman–Crippen MR) is 123 cm³/mol. The van der Waals surface area contributed by atoms with Crippen molar-refractivity contribution in [3.63, 3.8) is 0 Å². The number of benzene rings is 2. The maximum atomic E-state index is 13.4. The molecule has 4 rings (SSSR count). The minimum atomic E-state index is -0.228. The van der Waals surface area contributed by atoms with E-state index in [2.05, 4.69) is 55.4 Å². The number of halogens is 4. The van der Waals surface area contributed by atoms with E-state index in [4.69, 9.17) is 0 Å². The number of hydrogen-bond acceptors (Lipinski definition) is 2. The molecule has 0 saturated carbocycles. The lowest BCUT2D eigenvalue weighted by Gasteiger charge is -2.05. The summed E-state index contributed by atoms with van der Waals surface area (Å²) in [6.07, 6.45) is 4.22. The van der Waals surface area contributed by atoms with Crippen LogP contribution in [0.2, 0.25) is 0 Å². The first-order chi connectivity index (χ1) is 13.5. The van der Waals surface area contributed by atoms with Gasteiger partial charge in [0.1, 0.15) is 19.0 Å². The van der Waals surface area contributed by atoms with Crippen LogP contribution in [0.3, 0.4) is 0 Å². The molecule has 8 heteroatoms. The van der Waals surface area contributed by atoms with Crippen LogP contribution in [-0.2, 0) is 13.1 Å². The molecular weight excluding hydrogens is 588 g/mol. The normalized spacial score (nSPS) is 11.7. The van der Waals surface area contributed by atoms with E-state index in [-0.39, 0.29) is 11.6 Å². The Bertz CT molecular complexity index is 1140. The van der Waals surface area contributed by atoms with E-state index in [1.807, 2.05) is 9.36 Å². The zero-order chi connectivity index (χ0) is 19.7. The first-order valence-electron chi connectivity index (χ1n) is 9.16. The summed E-state index contributed by atoms with van der Waals surface area (Å²) in [6, 6.07) is 9.55. The average molecular weight is 606 g/mol. The van der Waals surface area contributed by atoms with Gasteiger partial charge in [-0.2, -0.15) is 10.2 Å². The SMILES string of the molecule is Fc1ccc2nn(CCCCCCn3nc(I)c4cc(F)ccc43)c(I)c2c1. The Balaban J connectivity index is 1.28. The van der Waals surface area contributed by atoms with Gasteiger partial charge in [-0.05, 0) is 94.4 Å². The summed E-state index contributed by atoms with van der Waals surface area (Å²) in [5.41, 5.74) is 1.82. The summed E-state index contributed by atoms with van der Waals surface area (Å²) in [4.78, 5) is 0. The van der Waals surface area contributed by atoms with Crippen LogP contribution >= 0.6 is 45.2 Å². The molecule has 0 bridgehead atoms. The highest BCUT2D eigenvalue weighted by atomic mass is 127. The van der Waals surface area contributed by atoms with Crippen molar-refractivity contribution >= 4 is 67.0 Å². The van der Waals surface area contributed by atoms with Crippen LogP contribution in [0.25, 0.3) is 21.8 Å². The predicted octanol–water partition coefficient (Wildman–Crippen LogP) is 6.13. The van der Waals surface area contributed by atoms with Crippen molar-refractivity contribution < 1.29 is 8.78 Å². The van der Waals surface area contributed by atoms with Crippen LogP contribution in [-0.4, -0.2) is 19.6 Å². The Morgan fingerprint density at radius 3 is 2.14 bits per heavy atom. The number of fused-ring (bicyclic) bond motifs is 2. The van der Waals surface area contributed by atoms with Crippen LogP contribution in [0.15, 0.2) is 36.4 Å². The summed E-state index contributed by atoms with van der Waals surface area (Å²) in [7, 11) is 0. The van der Waals surface area contributed by atoms with Gasteiger partial charge in [0.15, 0.2) is 0 Å². The van der Waals surface area contributed by atoms with Crippen molar-refractivity contribution in [3.8, 4) is 0 Å². The van der Waals surface area contributed by atoms with Gasteiger partial charge in [-0.3, -0.25) is 9.36 Å². The van der Waals surface area contributed by atoms with Gasteiger partial charge in [0.25, 0.3) is 0 Å². The van der Waals surface area contributed by atoms with E-state index in [1.54, 1.807) is 24.3 Å². The Morgan fingerprint density at radius 1 is 0.750 bits per heavy atom. The largest absolute Gasteiger partial charge is 0.264 e. The fourth-order valence-electron chi connectivity index (χ4n) is 3.38. The first-order valence-corrected chi connectivity index (χ1v) is 11.3. The number of nitrogens with zero attached hydrogens (tertiary/aromatic N) is 4. The molecule has 0 aliphatic heterocycles. The summed E-state index contributed by atoms with van der Waals surface area (Å²) >= 11 is 4.39. The van der Waals surface area contributed by atoms with Crippen molar-refractivity contribution in [2.75, 3.05) is 0 Å². The van der Waals surface area contributed by atoms with Crippen molar-refractivity contribution in [1.29, 1.82) is 0 Å². The fraction of sp³-hybridized carbons (Fsp3) is 0.300. The zero-order valence-corrected chi connectivity index (χ0v) is 19.3. The number of aryl methyl sites for hydroxylation is 2. The third-order valence-electron chi connectivity index (χ3n) is 4.79. The lowest BCUT2D eigenvalue weighted by molar-refractivity contribution is 0.504. The lowest BCUT2D eigenvalue weighted by Crippen LogP contribution is -2.03. The van der Waals surface area contributed by atoms with Crippen molar-refractivity contribution in [3.05, 3.63) is 55.4 Å². The zero-order valence-electron chi connectivity index (χ0n) is 15.0. The van der Waals surface area contributed by atoms with Crippen LogP contribution in [0.1, 0.15) is 25.7 Å². The molecule has 0 fully saturated rings.